The molecule has 1 unspecified atom stereocenters. The monoisotopic (exact) mass is 520 g/mol. The third kappa shape index (κ3) is 6.90. The van der Waals surface area contributed by atoms with Crippen LogP contribution in [0.4, 0.5) is 5.69 Å². The van der Waals surface area contributed by atoms with Gasteiger partial charge in [-0.3, -0.25) is 19.0 Å². The fraction of sp³-hybridized carbons (Fsp3) is 0.448. The molecule has 9 heteroatoms. The van der Waals surface area contributed by atoms with Crippen molar-refractivity contribution >= 4 is 34.4 Å². The Hall–Kier alpha value is -3.88. The van der Waals surface area contributed by atoms with Crippen molar-refractivity contribution in [3.8, 4) is 0 Å². The minimum atomic E-state index is -0.732. The van der Waals surface area contributed by atoms with Gasteiger partial charge in [-0.1, -0.05) is 50.1 Å². The molecule has 9 nitrogen and oxygen atoms in total. The Labute approximate surface area is 222 Å². The zero-order valence-electron chi connectivity index (χ0n) is 21.9. The summed E-state index contributed by atoms with van der Waals surface area (Å²) in [5.41, 5.74) is 3.45. The Balaban J connectivity index is 1.34. The van der Waals surface area contributed by atoms with Crippen molar-refractivity contribution in [1.29, 1.82) is 0 Å². The predicted octanol–water partition coefficient (Wildman–Crippen LogP) is 3.19. The summed E-state index contributed by atoms with van der Waals surface area (Å²) in [5, 5.41) is 5.80. The van der Waals surface area contributed by atoms with Crippen LogP contribution in [0.3, 0.4) is 0 Å². The van der Waals surface area contributed by atoms with Crippen molar-refractivity contribution in [2.45, 2.75) is 64.5 Å². The van der Waals surface area contributed by atoms with Gasteiger partial charge in [0.1, 0.15) is 18.4 Å². The van der Waals surface area contributed by atoms with Gasteiger partial charge < -0.3 is 20.0 Å². The molecule has 0 spiro atoms. The maximum absolute atomic E-state index is 13.1. The molecule has 2 aromatic carbocycles. The zero-order chi connectivity index (χ0) is 26.9. The summed E-state index contributed by atoms with van der Waals surface area (Å²) in [7, 11) is 0. The molecule has 1 aromatic heterocycles. The maximum Gasteiger partial charge on any atom is 0.420 e. The molecule has 0 radical (unpaired) electrons. The number of amides is 2. The lowest BCUT2D eigenvalue weighted by molar-refractivity contribution is -0.129. The number of ketones is 1. The molecule has 0 saturated heterocycles. The molecule has 0 saturated carbocycles. The predicted molar refractivity (Wildman–Crippen MR) is 146 cm³/mol. The van der Waals surface area contributed by atoms with Gasteiger partial charge in [0.15, 0.2) is 5.58 Å². The highest BCUT2D eigenvalue weighted by atomic mass is 16.4. The van der Waals surface area contributed by atoms with Crippen LogP contribution in [0.2, 0.25) is 0 Å². The molecule has 2 N–H and O–H groups in total. The third-order valence-electron chi connectivity index (χ3n) is 7.03. The van der Waals surface area contributed by atoms with E-state index in [1.165, 1.54) is 15.8 Å². The molecule has 4 rings (SSSR count). The number of hydrogen-bond acceptors (Lipinski definition) is 6. The minimum Gasteiger partial charge on any atom is -0.408 e. The van der Waals surface area contributed by atoms with Crippen molar-refractivity contribution in [1.82, 2.24) is 15.2 Å². The van der Waals surface area contributed by atoms with Crippen LogP contribution >= 0.6 is 0 Å². The lowest BCUT2D eigenvalue weighted by Crippen LogP contribution is -2.49. The van der Waals surface area contributed by atoms with Crippen LogP contribution < -0.4 is 21.3 Å². The van der Waals surface area contributed by atoms with E-state index in [1.54, 1.807) is 24.3 Å². The number of carbonyl (C=O) groups excluding carboxylic acids is 3. The van der Waals surface area contributed by atoms with E-state index in [1.807, 2.05) is 19.1 Å². The summed E-state index contributed by atoms with van der Waals surface area (Å²) in [6.45, 7) is 3.66. The van der Waals surface area contributed by atoms with Crippen molar-refractivity contribution in [2.24, 2.45) is 0 Å². The largest absolute Gasteiger partial charge is 0.420 e. The fourth-order valence-corrected chi connectivity index (χ4v) is 4.92. The number of hydrogen-bond donors (Lipinski definition) is 2. The van der Waals surface area contributed by atoms with Crippen molar-refractivity contribution < 1.29 is 18.8 Å². The Morgan fingerprint density at radius 1 is 1.03 bits per heavy atom. The molecule has 38 heavy (non-hydrogen) atoms. The normalized spacial score (nSPS) is 13.3. The van der Waals surface area contributed by atoms with Gasteiger partial charge in [0.2, 0.25) is 11.8 Å². The summed E-state index contributed by atoms with van der Waals surface area (Å²) in [6, 6.07) is 14.5. The van der Waals surface area contributed by atoms with E-state index < -0.39 is 17.7 Å². The number of anilines is 1. The van der Waals surface area contributed by atoms with Gasteiger partial charge in [-0.25, -0.2) is 4.79 Å². The van der Waals surface area contributed by atoms with Gasteiger partial charge >= 0.3 is 5.76 Å². The molecule has 0 fully saturated rings. The van der Waals surface area contributed by atoms with E-state index in [4.69, 9.17) is 4.42 Å². The molecule has 0 aliphatic carbocycles. The summed E-state index contributed by atoms with van der Waals surface area (Å²) in [4.78, 5) is 52.1. The average molecular weight is 521 g/mol. The Bertz CT molecular complexity index is 1330. The highest BCUT2D eigenvalue weighted by Crippen LogP contribution is 2.26. The molecule has 1 atom stereocenters. The van der Waals surface area contributed by atoms with E-state index in [-0.39, 0.29) is 18.2 Å². The molecule has 1 aliphatic rings. The summed E-state index contributed by atoms with van der Waals surface area (Å²) >= 11 is 0. The summed E-state index contributed by atoms with van der Waals surface area (Å²) in [6.07, 6.45) is 4.76. The molecule has 3 aromatic rings. The van der Waals surface area contributed by atoms with Crippen LogP contribution in [0.15, 0.2) is 57.7 Å². The third-order valence-corrected chi connectivity index (χ3v) is 7.03. The van der Waals surface area contributed by atoms with E-state index in [0.29, 0.717) is 49.9 Å². The Morgan fingerprint density at radius 2 is 1.82 bits per heavy atom. The molecular weight excluding hydrogens is 484 g/mol. The SMILES string of the molecule is CCC(=O)CCCCCC(NC(=O)Cn1c(=O)oc2ccccc21)C(=O)NCCN1CCc2ccccc21. The zero-order valence-corrected chi connectivity index (χ0v) is 21.9. The van der Waals surface area contributed by atoms with Crippen LogP contribution in [-0.2, 0) is 27.3 Å². The molecule has 2 amide bonds. The van der Waals surface area contributed by atoms with Gasteiger partial charge in [0.05, 0.1) is 5.52 Å². The van der Waals surface area contributed by atoms with Crippen molar-refractivity contribution in [3.05, 3.63) is 64.6 Å². The number of nitrogens with zero attached hydrogens (tertiary/aromatic N) is 2. The standard InChI is InChI=1S/C29H36N4O5/c1-2-22(34)11-4-3-5-12-23(28(36)30-17-19-32-18-16-21-10-6-7-13-24(21)32)31-27(35)20-33-25-14-8-9-15-26(25)38-29(33)37/h6-10,13-15,23H,2-5,11-12,16-20H2,1H3,(H,30,36)(H,31,35). The fourth-order valence-electron chi connectivity index (χ4n) is 4.92. The maximum atomic E-state index is 13.1. The van der Waals surface area contributed by atoms with Crippen LogP contribution in [0.5, 0.6) is 0 Å². The van der Waals surface area contributed by atoms with Crippen LogP contribution in [0.25, 0.3) is 11.1 Å². The summed E-state index contributed by atoms with van der Waals surface area (Å²) in [5.74, 6) is -1.07. The van der Waals surface area contributed by atoms with Crippen LogP contribution in [0.1, 0.15) is 51.0 Å². The van der Waals surface area contributed by atoms with Gasteiger partial charge in [0, 0.05) is 38.2 Å². The van der Waals surface area contributed by atoms with E-state index in [9.17, 15) is 19.2 Å². The first-order valence-corrected chi connectivity index (χ1v) is 13.5. The topological polar surface area (TPSA) is 114 Å². The number of para-hydroxylation sites is 3. The van der Waals surface area contributed by atoms with E-state index in [2.05, 4.69) is 27.7 Å². The highest BCUT2D eigenvalue weighted by Gasteiger charge is 2.23. The van der Waals surface area contributed by atoms with Gasteiger partial charge in [-0.05, 0) is 43.0 Å². The van der Waals surface area contributed by atoms with E-state index in [0.717, 1.165) is 25.8 Å². The first kappa shape index (κ1) is 27.2. The Kier molecular flexibility index (Phi) is 9.35. The molecule has 2 heterocycles. The van der Waals surface area contributed by atoms with Gasteiger partial charge in [-0.15, -0.1) is 0 Å². The minimum absolute atomic E-state index is 0.230. The van der Waals surface area contributed by atoms with Crippen LogP contribution in [-0.4, -0.2) is 47.8 Å². The lowest BCUT2D eigenvalue weighted by Gasteiger charge is -2.22. The molecule has 1 aliphatic heterocycles. The molecular formula is C29H36N4O5. The lowest BCUT2D eigenvalue weighted by atomic mass is 10.0. The summed E-state index contributed by atoms with van der Waals surface area (Å²) < 4.78 is 6.48. The number of nitrogens with one attached hydrogen (secondary N) is 2. The van der Waals surface area contributed by atoms with Gasteiger partial charge in [0.25, 0.3) is 0 Å². The number of Topliss-reactive ketones (excluding diaryl/α,β-unsaturated/α-hetero) is 1. The first-order valence-electron chi connectivity index (χ1n) is 13.5. The number of benzene rings is 2. The van der Waals surface area contributed by atoms with Crippen molar-refractivity contribution in [3.63, 3.8) is 0 Å². The molecule has 0 bridgehead atoms. The number of rotatable bonds is 14. The second-order valence-corrected chi connectivity index (χ2v) is 9.69. The smallest absolute Gasteiger partial charge is 0.408 e. The average Bonchev–Trinajstić information content (AvgIpc) is 3.47. The second kappa shape index (κ2) is 13.1. The highest BCUT2D eigenvalue weighted by molar-refractivity contribution is 5.88. The van der Waals surface area contributed by atoms with Crippen molar-refractivity contribution in [2.75, 3.05) is 24.5 Å². The number of unbranched alkanes of at least 4 members (excludes halogenated alkanes) is 2. The van der Waals surface area contributed by atoms with Gasteiger partial charge in [-0.2, -0.15) is 0 Å². The number of fused-ring (bicyclic) bond motifs is 2. The van der Waals surface area contributed by atoms with Crippen LogP contribution in [0, 0.1) is 0 Å². The first-order chi connectivity index (χ1) is 18.5. The Morgan fingerprint density at radius 3 is 2.66 bits per heavy atom. The quantitative estimate of drug-likeness (QED) is 0.316. The molecule has 202 valence electrons. The number of oxazole rings is 1. The van der Waals surface area contributed by atoms with E-state index >= 15 is 0 Å². The second-order valence-electron chi connectivity index (χ2n) is 9.69. The number of carbonyl (C=O) groups is 3. The number of aromatic nitrogens is 1.